The van der Waals surface area contributed by atoms with Gasteiger partial charge in [0.1, 0.15) is 5.01 Å². The van der Waals surface area contributed by atoms with E-state index in [1.54, 1.807) is 11.3 Å². The van der Waals surface area contributed by atoms with E-state index in [0.29, 0.717) is 5.02 Å². The fraction of sp³-hybridized carbons (Fsp3) is 0.182. The van der Waals surface area contributed by atoms with Crippen LogP contribution >= 0.6 is 38.9 Å². The molecule has 2 aromatic rings. The molecular formula is C11H10BrClN2S. The highest BCUT2D eigenvalue weighted by Gasteiger charge is 2.15. The maximum atomic E-state index is 6.14. The third-order valence-corrected chi connectivity index (χ3v) is 4.08. The summed E-state index contributed by atoms with van der Waals surface area (Å²) in [7, 11) is 0. The first kappa shape index (κ1) is 12.0. The van der Waals surface area contributed by atoms with Crippen LogP contribution < -0.4 is 5.73 Å². The third kappa shape index (κ3) is 2.46. The summed E-state index contributed by atoms with van der Waals surface area (Å²) in [6.45, 7) is 1.95. The van der Waals surface area contributed by atoms with E-state index in [-0.39, 0.29) is 6.04 Å². The number of thiazole rings is 1. The van der Waals surface area contributed by atoms with Gasteiger partial charge in [0, 0.05) is 20.6 Å². The Morgan fingerprint density at radius 3 is 2.88 bits per heavy atom. The summed E-state index contributed by atoms with van der Waals surface area (Å²) >= 11 is 11.1. The lowest BCUT2D eigenvalue weighted by Crippen LogP contribution is -2.12. The second-order valence-corrected chi connectivity index (χ2v) is 5.68. The highest BCUT2D eigenvalue weighted by Crippen LogP contribution is 2.30. The molecule has 0 aliphatic rings. The number of benzene rings is 1. The first-order valence-electron chi connectivity index (χ1n) is 4.70. The first-order chi connectivity index (χ1) is 7.58. The van der Waals surface area contributed by atoms with E-state index in [2.05, 4.69) is 20.9 Å². The highest BCUT2D eigenvalue weighted by atomic mass is 79.9. The Kier molecular flexibility index (Phi) is 3.64. The van der Waals surface area contributed by atoms with E-state index >= 15 is 0 Å². The van der Waals surface area contributed by atoms with Crippen molar-refractivity contribution in [3.8, 4) is 0 Å². The van der Waals surface area contributed by atoms with Crippen molar-refractivity contribution >= 4 is 38.9 Å². The van der Waals surface area contributed by atoms with Gasteiger partial charge >= 0.3 is 0 Å². The van der Waals surface area contributed by atoms with Gasteiger partial charge in [-0.3, -0.25) is 0 Å². The zero-order valence-electron chi connectivity index (χ0n) is 8.58. The Labute approximate surface area is 112 Å². The van der Waals surface area contributed by atoms with Gasteiger partial charge in [-0.1, -0.05) is 27.5 Å². The summed E-state index contributed by atoms with van der Waals surface area (Å²) in [4.78, 5) is 4.38. The van der Waals surface area contributed by atoms with Gasteiger partial charge < -0.3 is 5.73 Å². The van der Waals surface area contributed by atoms with Gasteiger partial charge in [0.25, 0.3) is 0 Å². The molecule has 2 nitrogen and oxygen atoms in total. The molecule has 2 rings (SSSR count). The topological polar surface area (TPSA) is 38.9 Å². The van der Waals surface area contributed by atoms with Gasteiger partial charge in [0.15, 0.2) is 0 Å². The largest absolute Gasteiger partial charge is 0.318 e. The molecule has 0 fully saturated rings. The standard InChI is InChI=1S/C11H10BrClN2S/c1-6-5-16-11(15-6)10(14)8-4-7(12)2-3-9(8)13/h2-5,10H,14H2,1H3. The second-order valence-electron chi connectivity index (χ2n) is 3.47. The van der Waals surface area contributed by atoms with E-state index in [4.69, 9.17) is 17.3 Å². The minimum atomic E-state index is -0.260. The Hall–Kier alpha value is -0.420. The molecule has 16 heavy (non-hydrogen) atoms. The van der Waals surface area contributed by atoms with E-state index in [9.17, 15) is 0 Å². The fourth-order valence-electron chi connectivity index (χ4n) is 1.40. The molecule has 5 heteroatoms. The molecule has 0 amide bonds. The molecule has 0 aliphatic carbocycles. The average Bonchev–Trinajstić information content (AvgIpc) is 2.67. The van der Waals surface area contributed by atoms with Gasteiger partial charge in [-0.25, -0.2) is 4.98 Å². The first-order valence-corrected chi connectivity index (χ1v) is 6.75. The summed E-state index contributed by atoms with van der Waals surface area (Å²) in [5.74, 6) is 0. The lowest BCUT2D eigenvalue weighted by Gasteiger charge is -2.11. The molecule has 0 aliphatic heterocycles. The summed E-state index contributed by atoms with van der Waals surface area (Å²) < 4.78 is 0.968. The van der Waals surface area contributed by atoms with Gasteiger partial charge in [-0.05, 0) is 30.7 Å². The van der Waals surface area contributed by atoms with Crippen LogP contribution in [0.2, 0.25) is 5.02 Å². The van der Waals surface area contributed by atoms with Gasteiger partial charge in [0.2, 0.25) is 0 Å². The molecule has 0 radical (unpaired) electrons. The highest BCUT2D eigenvalue weighted by molar-refractivity contribution is 9.10. The van der Waals surface area contributed by atoms with Crippen LogP contribution in [0.3, 0.4) is 0 Å². The van der Waals surface area contributed by atoms with E-state index in [1.807, 2.05) is 30.5 Å². The maximum absolute atomic E-state index is 6.14. The molecule has 1 aromatic carbocycles. The predicted molar refractivity (Wildman–Crippen MR) is 72.0 cm³/mol. The SMILES string of the molecule is Cc1csc(C(N)c2cc(Br)ccc2Cl)n1. The Balaban J connectivity index is 2.40. The summed E-state index contributed by atoms with van der Waals surface area (Å²) in [5, 5.41) is 3.54. The molecule has 1 aromatic heterocycles. The van der Waals surface area contributed by atoms with E-state index in [1.165, 1.54) is 0 Å². The minimum absolute atomic E-state index is 0.260. The Morgan fingerprint density at radius 2 is 2.25 bits per heavy atom. The van der Waals surface area contributed by atoms with Crippen LogP contribution in [0.4, 0.5) is 0 Å². The zero-order chi connectivity index (χ0) is 11.7. The monoisotopic (exact) mass is 316 g/mol. The van der Waals surface area contributed by atoms with Crippen molar-refractivity contribution in [2.75, 3.05) is 0 Å². The molecule has 1 unspecified atom stereocenters. The Morgan fingerprint density at radius 1 is 1.50 bits per heavy atom. The number of aryl methyl sites for hydroxylation is 1. The second kappa shape index (κ2) is 4.84. The van der Waals surface area contributed by atoms with Crippen LogP contribution in [-0.2, 0) is 0 Å². The maximum Gasteiger partial charge on any atom is 0.114 e. The number of nitrogens with zero attached hydrogens (tertiary/aromatic N) is 1. The normalized spacial score (nSPS) is 12.8. The molecule has 84 valence electrons. The minimum Gasteiger partial charge on any atom is -0.318 e. The van der Waals surface area contributed by atoms with Crippen LogP contribution in [0.15, 0.2) is 28.1 Å². The number of rotatable bonds is 2. The summed E-state index contributed by atoms with van der Waals surface area (Å²) in [6, 6.07) is 5.40. The predicted octanol–water partition coefficient (Wildman–Crippen LogP) is 3.92. The molecule has 1 atom stereocenters. The average molecular weight is 318 g/mol. The molecule has 1 heterocycles. The van der Waals surface area contributed by atoms with Crippen LogP contribution in [0.1, 0.15) is 22.3 Å². The molecule has 0 spiro atoms. The fourth-order valence-corrected chi connectivity index (χ4v) is 2.83. The van der Waals surface area contributed by atoms with Crippen LogP contribution in [0.25, 0.3) is 0 Å². The molecule has 2 N–H and O–H groups in total. The number of aromatic nitrogens is 1. The molecule has 0 bridgehead atoms. The number of hydrogen-bond donors (Lipinski definition) is 1. The van der Waals surface area contributed by atoms with Crippen molar-refractivity contribution in [3.05, 3.63) is 49.3 Å². The number of halogens is 2. The van der Waals surface area contributed by atoms with E-state index in [0.717, 1.165) is 20.7 Å². The van der Waals surface area contributed by atoms with Crippen molar-refractivity contribution in [3.63, 3.8) is 0 Å². The van der Waals surface area contributed by atoms with Crippen molar-refractivity contribution in [2.45, 2.75) is 13.0 Å². The van der Waals surface area contributed by atoms with Crippen molar-refractivity contribution < 1.29 is 0 Å². The van der Waals surface area contributed by atoms with Gasteiger partial charge in [-0.2, -0.15) is 0 Å². The molecule has 0 saturated heterocycles. The number of hydrogen-bond acceptors (Lipinski definition) is 3. The zero-order valence-corrected chi connectivity index (χ0v) is 11.7. The van der Waals surface area contributed by atoms with Crippen molar-refractivity contribution in [1.29, 1.82) is 0 Å². The lowest BCUT2D eigenvalue weighted by molar-refractivity contribution is 0.852. The van der Waals surface area contributed by atoms with Gasteiger partial charge in [0.05, 0.1) is 6.04 Å². The van der Waals surface area contributed by atoms with Crippen LogP contribution in [-0.4, -0.2) is 4.98 Å². The van der Waals surface area contributed by atoms with Gasteiger partial charge in [-0.15, -0.1) is 11.3 Å². The van der Waals surface area contributed by atoms with Crippen molar-refractivity contribution in [1.82, 2.24) is 4.98 Å². The van der Waals surface area contributed by atoms with Crippen LogP contribution in [0, 0.1) is 6.92 Å². The summed E-state index contributed by atoms with van der Waals surface area (Å²) in [6.07, 6.45) is 0. The smallest absolute Gasteiger partial charge is 0.114 e. The van der Waals surface area contributed by atoms with E-state index < -0.39 is 0 Å². The quantitative estimate of drug-likeness (QED) is 0.912. The third-order valence-electron chi connectivity index (χ3n) is 2.20. The molecular weight excluding hydrogens is 308 g/mol. The molecule has 0 saturated carbocycles. The van der Waals surface area contributed by atoms with Crippen molar-refractivity contribution in [2.24, 2.45) is 5.73 Å². The van der Waals surface area contributed by atoms with Crippen LogP contribution in [0.5, 0.6) is 0 Å². The summed E-state index contributed by atoms with van der Waals surface area (Å²) in [5.41, 5.74) is 8.02. The lowest BCUT2D eigenvalue weighted by atomic mass is 10.1. The number of nitrogens with two attached hydrogens (primary N) is 1. The Bertz CT molecular complexity index is 512.